The molecule has 2 rings (SSSR count). The van der Waals surface area contributed by atoms with Gasteiger partial charge in [0.2, 0.25) is 5.76 Å². The minimum atomic E-state index is -0.619. The van der Waals surface area contributed by atoms with Crippen LogP contribution in [0.1, 0.15) is 23.2 Å². The van der Waals surface area contributed by atoms with Crippen LogP contribution in [0.5, 0.6) is 0 Å². The maximum absolute atomic E-state index is 12.3. The predicted octanol–water partition coefficient (Wildman–Crippen LogP) is -0.0399. The Bertz CT molecular complexity index is 471. The van der Waals surface area contributed by atoms with Crippen LogP contribution in [0.25, 0.3) is 0 Å². The number of nitrogens with one attached hydrogen (secondary N) is 1. The highest BCUT2D eigenvalue weighted by Crippen LogP contribution is 2.12. The zero-order valence-corrected chi connectivity index (χ0v) is 11.0. The number of hydrogen-bond donors (Lipinski definition) is 1. The molecule has 104 valence electrons. The van der Waals surface area contributed by atoms with Gasteiger partial charge in [-0.3, -0.25) is 4.79 Å². The topological polar surface area (TPSA) is 84.7 Å². The molecule has 0 saturated carbocycles. The van der Waals surface area contributed by atoms with Gasteiger partial charge in [0.15, 0.2) is 0 Å². The minimum absolute atomic E-state index is 0.147. The lowest BCUT2D eigenvalue weighted by atomic mass is 10.1. The Hall–Kier alpha value is -1.89. The molecule has 1 atom stereocenters. The number of esters is 1. The van der Waals surface area contributed by atoms with Crippen LogP contribution in [0.2, 0.25) is 0 Å². The van der Waals surface area contributed by atoms with Gasteiger partial charge >= 0.3 is 5.97 Å². The first-order chi connectivity index (χ1) is 9.13. The van der Waals surface area contributed by atoms with Crippen molar-refractivity contribution in [2.75, 3.05) is 26.2 Å². The second-order valence-electron chi connectivity index (χ2n) is 4.30. The summed E-state index contributed by atoms with van der Waals surface area (Å²) in [5, 5.41) is 6.76. The first-order valence-electron chi connectivity index (χ1n) is 6.25. The molecule has 1 unspecified atom stereocenters. The van der Waals surface area contributed by atoms with Gasteiger partial charge in [-0.2, -0.15) is 0 Å². The van der Waals surface area contributed by atoms with Crippen LogP contribution in [0.3, 0.4) is 0 Å². The molecule has 1 N–H and O–H groups in total. The molecule has 19 heavy (non-hydrogen) atoms. The van der Waals surface area contributed by atoms with E-state index >= 15 is 0 Å². The molecule has 1 aliphatic heterocycles. The van der Waals surface area contributed by atoms with Gasteiger partial charge in [0, 0.05) is 25.7 Å². The lowest BCUT2D eigenvalue weighted by molar-refractivity contribution is -0.149. The zero-order valence-electron chi connectivity index (χ0n) is 11.0. The van der Waals surface area contributed by atoms with Crippen LogP contribution >= 0.6 is 0 Å². The predicted molar refractivity (Wildman–Crippen MR) is 65.6 cm³/mol. The molecule has 0 aromatic carbocycles. The van der Waals surface area contributed by atoms with Gasteiger partial charge in [0.1, 0.15) is 6.04 Å². The number of piperazine rings is 1. The fraction of sp³-hybridized carbons (Fsp3) is 0.583. The number of aromatic nitrogens is 1. The second kappa shape index (κ2) is 5.83. The molecule has 1 aromatic rings. The minimum Gasteiger partial charge on any atom is -0.464 e. The Morgan fingerprint density at radius 2 is 2.42 bits per heavy atom. The largest absolute Gasteiger partial charge is 0.464 e. The number of hydrogen-bond acceptors (Lipinski definition) is 6. The highest BCUT2D eigenvalue weighted by atomic mass is 16.5. The Morgan fingerprint density at radius 3 is 3.05 bits per heavy atom. The number of nitrogens with zero attached hydrogens (tertiary/aromatic N) is 2. The summed E-state index contributed by atoms with van der Waals surface area (Å²) in [6.45, 7) is 5.22. The van der Waals surface area contributed by atoms with Crippen molar-refractivity contribution < 1.29 is 18.8 Å². The molecule has 0 bridgehead atoms. The molecular weight excluding hydrogens is 250 g/mol. The van der Waals surface area contributed by atoms with Crippen LogP contribution in [0, 0.1) is 6.92 Å². The van der Waals surface area contributed by atoms with Crippen LogP contribution in [0.4, 0.5) is 0 Å². The van der Waals surface area contributed by atoms with E-state index in [9.17, 15) is 9.59 Å². The Labute approximate surface area is 110 Å². The molecule has 0 radical (unpaired) electrons. The highest BCUT2D eigenvalue weighted by Gasteiger charge is 2.35. The zero-order chi connectivity index (χ0) is 13.8. The number of carbonyl (C=O) groups excluding carboxylic acids is 2. The molecule has 7 nitrogen and oxygen atoms in total. The smallest absolute Gasteiger partial charge is 0.330 e. The van der Waals surface area contributed by atoms with E-state index in [0.29, 0.717) is 31.9 Å². The number of aryl methyl sites for hydroxylation is 1. The third-order valence-corrected chi connectivity index (χ3v) is 2.90. The molecule has 1 aliphatic rings. The van der Waals surface area contributed by atoms with Crippen LogP contribution in [0.15, 0.2) is 10.6 Å². The third kappa shape index (κ3) is 2.93. The van der Waals surface area contributed by atoms with Gasteiger partial charge in [-0.25, -0.2) is 4.79 Å². The van der Waals surface area contributed by atoms with Crippen molar-refractivity contribution in [2.45, 2.75) is 19.9 Å². The second-order valence-corrected chi connectivity index (χ2v) is 4.30. The van der Waals surface area contributed by atoms with E-state index in [4.69, 9.17) is 9.26 Å². The average molecular weight is 267 g/mol. The number of ether oxygens (including phenoxy) is 1. The Morgan fingerprint density at radius 1 is 1.63 bits per heavy atom. The molecule has 1 amide bonds. The van der Waals surface area contributed by atoms with E-state index in [1.807, 2.05) is 0 Å². The first kappa shape index (κ1) is 13.5. The molecule has 0 spiro atoms. The van der Waals surface area contributed by atoms with Crippen molar-refractivity contribution in [2.24, 2.45) is 0 Å². The number of carbonyl (C=O) groups is 2. The van der Waals surface area contributed by atoms with Gasteiger partial charge in [-0.05, 0) is 13.8 Å². The first-order valence-corrected chi connectivity index (χ1v) is 6.25. The molecule has 7 heteroatoms. The standard InChI is InChI=1S/C12H17N3O4/c1-3-18-12(17)9-7-13-4-5-15(9)11(16)10-6-8(2)14-19-10/h6,9,13H,3-5,7H2,1-2H3. The van der Waals surface area contributed by atoms with Crippen LogP contribution in [-0.2, 0) is 9.53 Å². The monoisotopic (exact) mass is 267 g/mol. The summed E-state index contributed by atoms with van der Waals surface area (Å²) >= 11 is 0. The lowest BCUT2D eigenvalue weighted by Gasteiger charge is -2.33. The quantitative estimate of drug-likeness (QED) is 0.774. The van der Waals surface area contributed by atoms with E-state index in [2.05, 4.69) is 10.5 Å². The van der Waals surface area contributed by atoms with Gasteiger partial charge in [0.05, 0.1) is 12.3 Å². The average Bonchev–Trinajstić information content (AvgIpc) is 2.85. The summed E-state index contributed by atoms with van der Waals surface area (Å²) in [5.74, 6) is -0.590. The summed E-state index contributed by atoms with van der Waals surface area (Å²) < 4.78 is 9.94. The molecular formula is C12H17N3O4. The summed E-state index contributed by atoms with van der Waals surface area (Å²) in [5.41, 5.74) is 0.631. The SMILES string of the molecule is CCOC(=O)C1CNCCN1C(=O)c1cc(C)no1. The van der Waals surface area contributed by atoms with Crippen LogP contribution in [-0.4, -0.2) is 54.2 Å². The summed E-state index contributed by atoms with van der Waals surface area (Å²) in [4.78, 5) is 25.6. The molecule has 1 aromatic heterocycles. The van der Waals surface area contributed by atoms with Crippen molar-refractivity contribution in [3.8, 4) is 0 Å². The van der Waals surface area contributed by atoms with E-state index in [1.165, 1.54) is 4.90 Å². The van der Waals surface area contributed by atoms with Gasteiger partial charge in [0.25, 0.3) is 5.91 Å². The highest BCUT2D eigenvalue weighted by molar-refractivity contribution is 5.94. The van der Waals surface area contributed by atoms with Crippen LogP contribution < -0.4 is 5.32 Å². The van der Waals surface area contributed by atoms with E-state index in [1.54, 1.807) is 19.9 Å². The van der Waals surface area contributed by atoms with Crippen molar-refractivity contribution >= 4 is 11.9 Å². The lowest BCUT2D eigenvalue weighted by Crippen LogP contribution is -2.57. The van der Waals surface area contributed by atoms with Crippen molar-refractivity contribution in [3.63, 3.8) is 0 Å². The Balaban J connectivity index is 2.15. The number of rotatable bonds is 3. The van der Waals surface area contributed by atoms with Gasteiger partial charge in [-0.1, -0.05) is 5.16 Å². The Kier molecular flexibility index (Phi) is 4.16. The van der Waals surface area contributed by atoms with Crippen molar-refractivity contribution in [1.82, 2.24) is 15.4 Å². The van der Waals surface area contributed by atoms with Gasteiger partial charge in [-0.15, -0.1) is 0 Å². The van der Waals surface area contributed by atoms with E-state index < -0.39 is 12.0 Å². The molecule has 0 aliphatic carbocycles. The fourth-order valence-electron chi connectivity index (χ4n) is 2.00. The van der Waals surface area contributed by atoms with E-state index in [-0.39, 0.29) is 11.7 Å². The maximum Gasteiger partial charge on any atom is 0.330 e. The van der Waals surface area contributed by atoms with Gasteiger partial charge < -0.3 is 19.5 Å². The molecule has 1 fully saturated rings. The fourth-order valence-corrected chi connectivity index (χ4v) is 2.00. The molecule has 2 heterocycles. The van der Waals surface area contributed by atoms with E-state index in [0.717, 1.165) is 0 Å². The number of amides is 1. The summed E-state index contributed by atoms with van der Waals surface area (Å²) in [7, 11) is 0. The summed E-state index contributed by atoms with van der Waals surface area (Å²) in [6.07, 6.45) is 0. The third-order valence-electron chi connectivity index (χ3n) is 2.90. The van der Waals surface area contributed by atoms with Crippen molar-refractivity contribution in [1.29, 1.82) is 0 Å². The molecule has 1 saturated heterocycles. The normalized spacial score (nSPS) is 19.3. The van der Waals surface area contributed by atoms with Crippen molar-refractivity contribution in [3.05, 3.63) is 17.5 Å². The summed E-state index contributed by atoms with van der Waals surface area (Å²) in [6, 6.07) is 0.943. The maximum atomic E-state index is 12.3.